The first-order chi connectivity index (χ1) is 10.9. The average Bonchev–Trinajstić information content (AvgIpc) is 2.60. The van der Waals surface area contributed by atoms with Crippen LogP contribution in [0.5, 0.6) is 17.4 Å². The van der Waals surface area contributed by atoms with Crippen LogP contribution in [-0.2, 0) is 13.0 Å². The van der Waals surface area contributed by atoms with Crippen LogP contribution >= 0.6 is 0 Å². The van der Waals surface area contributed by atoms with Crippen molar-refractivity contribution in [2.75, 3.05) is 25.1 Å². The number of benzene rings is 1. The first kappa shape index (κ1) is 13.2. The number of anilines is 1. The first-order valence-corrected chi connectivity index (χ1v) is 7.63. The topological polar surface area (TPSA) is 52.6 Å². The largest absolute Gasteiger partial charge is 0.486 e. The van der Waals surface area contributed by atoms with Gasteiger partial charge in [-0.15, -0.1) is 0 Å². The van der Waals surface area contributed by atoms with E-state index in [4.69, 9.17) is 14.2 Å². The summed E-state index contributed by atoms with van der Waals surface area (Å²) in [7, 11) is 0. The SMILES string of the molecule is c1cc(CNc2cnc3c(c2)CCCO3)c2c(c1)OCCO2. The van der Waals surface area contributed by atoms with E-state index in [1.165, 1.54) is 5.56 Å². The number of rotatable bonds is 3. The van der Waals surface area contributed by atoms with E-state index in [9.17, 15) is 0 Å². The van der Waals surface area contributed by atoms with Crippen molar-refractivity contribution < 1.29 is 14.2 Å². The Labute approximate surface area is 129 Å². The number of para-hydroxylation sites is 1. The zero-order chi connectivity index (χ0) is 14.8. The van der Waals surface area contributed by atoms with Crippen molar-refractivity contribution in [3.63, 3.8) is 0 Å². The van der Waals surface area contributed by atoms with Crippen molar-refractivity contribution in [2.45, 2.75) is 19.4 Å². The lowest BCUT2D eigenvalue weighted by atomic mass is 10.1. The molecule has 0 unspecified atom stereocenters. The molecule has 0 bridgehead atoms. The number of ether oxygens (including phenoxy) is 3. The number of nitrogens with one attached hydrogen (secondary N) is 1. The number of aryl methyl sites for hydroxylation is 1. The second kappa shape index (κ2) is 5.75. The molecule has 0 saturated carbocycles. The maximum absolute atomic E-state index is 5.73. The van der Waals surface area contributed by atoms with Crippen LogP contribution in [0.25, 0.3) is 0 Å². The Hall–Kier alpha value is -2.43. The predicted molar refractivity (Wildman–Crippen MR) is 82.8 cm³/mol. The van der Waals surface area contributed by atoms with E-state index in [0.717, 1.165) is 48.1 Å². The number of fused-ring (bicyclic) bond motifs is 2. The standard InChI is InChI=1S/C17H18N2O3/c1-3-13(16-15(5-1)20-7-8-21-16)10-18-14-9-12-4-2-6-22-17(12)19-11-14/h1,3,5,9,11,18H,2,4,6-8,10H2. The summed E-state index contributed by atoms with van der Waals surface area (Å²) in [5.74, 6) is 2.43. The molecule has 2 aliphatic heterocycles. The van der Waals surface area contributed by atoms with Crippen molar-refractivity contribution in [2.24, 2.45) is 0 Å². The highest BCUT2D eigenvalue weighted by Crippen LogP contribution is 2.34. The van der Waals surface area contributed by atoms with Crippen LogP contribution in [-0.4, -0.2) is 24.8 Å². The smallest absolute Gasteiger partial charge is 0.216 e. The second-order valence-corrected chi connectivity index (χ2v) is 5.44. The quantitative estimate of drug-likeness (QED) is 0.944. The minimum absolute atomic E-state index is 0.599. The van der Waals surface area contributed by atoms with E-state index in [1.54, 1.807) is 0 Å². The normalized spacial score (nSPS) is 15.6. The molecular formula is C17H18N2O3. The Kier molecular flexibility index (Phi) is 3.46. The molecule has 1 N–H and O–H groups in total. The fourth-order valence-corrected chi connectivity index (χ4v) is 2.81. The average molecular weight is 298 g/mol. The van der Waals surface area contributed by atoms with Gasteiger partial charge in [-0.1, -0.05) is 12.1 Å². The molecule has 0 fully saturated rings. The second-order valence-electron chi connectivity index (χ2n) is 5.44. The van der Waals surface area contributed by atoms with Gasteiger partial charge in [0, 0.05) is 17.7 Å². The maximum atomic E-state index is 5.73. The Bertz CT molecular complexity index is 688. The van der Waals surface area contributed by atoms with E-state index in [0.29, 0.717) is 19.8 Å². The molecule has 0 atom stereocenters. The fraction of sp³-hybridized carbons (Fsp3) is 0.353. The van der Waals surface area contributed by atoms with Crippen molar-refractivity contribution in [3.8, 4) is 17.4 Å². The van der Waals surface area contributed by atoms with E-state index >= 15 is 0 Å². The zero-order valence-corrected chi connectivity index (χ0v) is 12.3. The monoisotopic (exact) mass is 298 g/mol. The molecule has 5 heteroatoms. The summed E-state index contributed by atoms with van der Waals surface area (Å²) in [6, 6.07) is 8.10. The molecule has 0 radical (unpaired) electrons. The summed E-state index contributed by atoms with van der Waals surface area (Å²) >= 11 is 0. The summed E-state index contributed by atoms with van der Waals surface area (Å²) in [5, 5.41) is 3.41. The van der Waals surface area contributed by atoms with Gasteiger partial charge in [-0.2, -0.15) is 0 Å². The van der Waals surface area contributed by atoms with Crippen molar-refractivity contribution >= 4 is 5.69 Å². The Morgan fingerprint density at radius 1 is 1.09 bits per heavy atom. The summed E-state index contributed by atoms with van der Waals surface area (Å²) in [6.07, 6.45) is 3.89. The molecule has 5 nitrogen and oxygen atoms in total. The predicted octanol–water partition coefficient (Wildman–Crippen LogP) is 2.79. The molecule has 1 aromatic heterocycles. The van der Waals surface area contributed by atoms with Gasteiger partial charge in [-0.05, 0) is 25.0 Å². The van der Waals surface area contributed by atoms with E-state index < -0.39 is 0 Å². The van der Waals surface area contributed by atoms with E-state index in [1.807, 2.05) is 18.3 Å². The van der Waals surface area contributed by atoms with Crippen LogP contribution < -0.4 is 19.5 Å². The summed E-state index contributed by atoms with van der Waals surface area (Å²) in [6.45, 7) is 2.65. The van der Waals surface area contributed by atoms with Crippen LogP contribution in [0.3, 0.4) is 0 Å². The number of nitrogens with zero attached hydrogens (tertiary/aromatic N) is 1. The van der Waals surface area contributed by atoms with Gasteiger partial charge in [0.1, 0.15) is 13.2 Å². The van der Waals surface area contributed by atoms with Crippen molar-refractivity contribution in [1.29, 1.82) is 0 Å². The minimum atomic E-state index is 0.599. The molecule has 0 spiro atoms. The molecule has 0 amide bonds. The highest BCUT2D eigenvalue weighted by molar-refractivity contribution is 5.51. The number of hydrogen-bond acceptors (Lipinski definition) is 5. The van der Waals surface area contributed by atoms with Gasteiger partial charge in [0.05, 0.1) is 18.5 Å². The summed E-state index contributed by atoms with van der Waals surface area (Å²) in [4.78, 5) is 4.38. The van der Waals surface area contributed by atoms with Gasteiger partial charge >= 0.3 is 0 Å². The molecular weight excluding hydrogens is 280 g/mol. The van der Waals surface area contributed by atoms with Crippen molar-refractivity contribution in [1.82, 2.24) is 4.98 Å². The fourth-order valence-electron chi connectivity index (χ4n) is 2.81. The van der Waals surface area contributed by atoms with Crippen molar-refractivity contribution in [3.05, 3.63) is 41.6 Å². The number of aromatic nitrogens is 1. The summed E-state index contributed by atoms with van der Waals surface area (Å²) in [5.41, 5.74) is 3.26. The molecule has 3 heterocycles. The molecule has 0 aliphatic carbocycles. The lowest BCUT2D eigenvalue weighted by molar-refractivity contribution is 0.170. The Balaban J connectivity index is 1.51. The van der Waals surface area contributed by atoms with Gasteiger partial charge in [0.15, 0.2) is 11.5 Å². The van der Waals surface area contributed by atoms with Gasteiger partial charge in [-0.25, -0.2) is 4.98 Å². The van der Waals surface area contributed by atoms with Gasteiger partial charge < -0.3 is 19.5 Å². The minimum Gasteiger partial charge on any atom is -0.486 e. The van der Waals surface area contributed by atoms with Gasteiger partial charge in [0.2, 0.25) is 5.88 Å². The highest BCUT2D eigenvalue weighted by Gasteiger charge is 2.16. The molecule has 0 saturated heterocycles. The Morgan fingerprint density at radius 3 is 3.05 bits per heavy atom. The van der Waals surface area contributed by atoms with Crippen LogP contribution in [0.15, 0.2) is 30.5 Å². The third-order valence-corrected chi connectivity index (χ3v) is 3.89. The third-order valence-electron chi connectivity index (χ3n) is 3.89. The van der Waals surface area contributed by atoms with Gasteiger partial charge in [-0.3, -0.25) is 0 Å². The molecule has 114 valence electrons. The molecule has 1 aromatic carbocycles. The number of hydrogen-bond donors (Lipinski definition) is 1. The maximum Gasteiger partial charge on any atom is 0.216 e. The number of pyridine rings is 1. The lowest BCUT2D eigenvalue weighted by Crippen LogP contribution is -2.17. The molecule has 4 rings (SSSR count). The van der Waals surface area contributed by atoms with E-state index in [2.05, 4.69) is 22.4 Å². The van der Waals surface area contributed by atoms with Crippen LogP contribution in [0.1, 0.15) is 17.5 Å². The van der Waals surface area contributed by atoms with Gasteiger partial charge in [0.25, 0.3) is 0 Å². The molecule has 2 aliphatic rings. The highest BCUT2D eigenvalue weighted by atomic mass is 16.6. The first-order valence-electron chi connectivity index (χ1n) is 7.63. The zero-order valence-electron chi connectivity index (χ0n) is 12.3. The lowest BCUT2D eigenvalue weighted by Gasteiger charge is -2.21. The van der Waals surface area contributed by atoms with Crippen LogP contribution in [0, 0.1) is 0 Å². The third kappa shape index (κ3) is 2.54. The van der Waals surface area contributed by atoms with E-state index in [-0.39, 0.29) is 0 Å². The van der Waals surface area contributed by atoms with Crippen LogP contribution in [0.2, 0.25) is 0 Å². The molecule has 2 aromatic rings. The summed E-state index contributed by atoms with van der Waals surface area (Å²) < 4.78 is 16.9. The Morgan fingerprint density at radius 2 is 2.05 bits per heavy atom. The molecule has 22 heavy (non-hydrogen) atoms. The van der Waals surface area contributed by atoms with Crippen LogP contribution in [0.4, 0.5) is 5.69 Å².